The number of carbonyl (C=O) groups excluding carboxylic acids is 1. The van der Waals surface area contributed by atoms with Crippen LogP contribution in [0.15, 0.2) is 89.8 Å². The number of sulfonamides is 1. The summed E-state index contributed by atoms with van der Waals surface area (Å²) in [5, 5.41) is 2.65. The molecule has 0 bridgehead atoms. The Bertz CT molecular complexity index is 1350. The van der Waals surface area contributed by atoms with Crippen LogP contribution in [0.25, 0.3) is 0 Å². The standard InChI is InChI=1S/C25H27F2N2O7PS/c26-25(27,37(31,32)33)20-14-12-19(13-15-20)18-23(29-38(34,35)22-10-5-2-6-11-22)24(30)28-16-7-17-36-21-8-3-1-4-9-21/h1-6,8-15,23,29H,7,16-18H2,(H,28,30)(H2,31,32,33)/t23-/m0/s1. The van der Waals surface area contributed by atoms with E-state index in [2.05, 4.69) is 10.0 Å². The van der Waals surface area contributed by atoms with E-state index in [4.69, 9.17) is 14.5 Å². The van der Waals surface area contributed by atoms with E-state index < -0.39 is 40.8 Å². The van der Waals surface area contributed by atoms with Crippen molar-refractivity contribution < 1.29 is 41.1 Å². The monoisotopic (exact) mass is 568 g/mol. The van der Waals surface area contributed by atoms with Crippen LogP contribution >= 0.6 is 7.60 Å². The zero-order chi connectivity index (χ0) is 27.8. The van der Waals surface area contributed by atoms with E-state index >= 15 is 0 Å². The van der Waals surface area contributed by atoms with Crippen molar-refractivity contribution in [1.29, 1.82) is 0 Å². The first kappa shape index (κ1) is 29.4. The number of nitrogens with one attached hydrogen (secondary N) is 2. The number of para-hydroxylation sites is 1. The van der Waals surface area contributed by atoms with Gasteiger partial charge in [-0.1, -0.05) is 60.7 Å². The highest BCUT2D eigenvalue weighted by molar-refractivity contribution is 7.89. The van der Waals surface area contributed by atoms with Gasteiger partial charge in [0.25, 0.3) is 0 Å². The van der Waals surface area contributed by atoms with E-state index in [1.165, 1.54) is 24.3 Å². The van der Waals surface area contributed by atoms with Gasteiger partial charge in [0, 0.05) is 12.1 Å². The summed E-state index contributed by atoms with van der Waals surface area (Å²) in [4.78, 5) is 30.7. The van der Waals surface area contributed by atoms with Crippen LogP contribution < -0.4 is 14.8 Å². The van der Waals surface area contributed by atoms with Crippen LogP contribution in [-0.2, 0) is 31.5 Å². The van der Waals surface area contributed by atoms with Crippen molar-refractivity contribution in [3.05, 3.63) is 96.1 Å². The summed E-state index contributed by atoms with van der Waals surface area (Å²) in [7, 11) is -9.85. The Labute approximate surface area is 219 Å². The molecule has 0 aromatic heterocycles. The van der Waals surface area contributed by atoms with Crippen LogP contribution in [0.2, 0.25) is 0 Å². The maximum Gasteiger partial charge on any atom is 0.399 e. The van der Waals surface area contributed by atoms with E-state index in [0.29, 0.717) is 24.3 Å². The summed E-state index contributed by atoms with van der Waals surface area (Å²) in [6, 6.07) is 19.1. The number of amides is 1. The molecule has 204 valence electrons. The van der Waals surface area contributed by atoms with Crippen LogP contribution in [0.5, 0.6) is 5.75 Å². The Kier molecular flexibility index (Phi) is 9.75. The number of alkyl halides is 2. The third-order valence-electron chi connectivity index (χ3n) is 5.41. The molecule has 4 N–H and O–H groups in total. The minimum absolute atomic E-state index is 0.0642. The van der Waals surface area contributed by atoms with Crippen LogP contribution in [-0.4, -0.2) is 43.3 Å². The number of benzene rings is 3. The van der Waals surface area contributed by atoms with Gasteiger partial charge >= 0.3 is 13.3 Å². The summed E-state index contributed by atoms with van der Waals surface area (Å²) in [6.45, 7) is 0.489. The first-order chi connectivity index (χ1) is 17.9. The molecule has 3 aromatic rings. The van der Waals surface area contributed by atoms with Gasteiger partial charge in [-0.05, 0) is 42.7 Å². The predicted molar refractivity (Wildman–Crippen MR) is 136 cm³/mol. The van der Waals surface area contributed by atoms with Gasteiger partial charge in [0.1, 0.15) is 11.8 Å². The number of ether oxygens (including phenoxy) is 1. The molecular formula is C25H27F2N2O7PS. The molecule has 3 rings (SSSR count). The predicted octanol–water partition coefficient (Wildman–Crippen LogP) is 3.39. The zero-order valence-corrected chi connectivity index (χ0v) is 21.7. The SMILES string of the molecule is O=C(NCCCOc1ccccc1)[C@H](Cc1ccc(C(F)(F)P(=O)(O)O)cc1)NS(=O)(=O)c1ccccc1. The second-order valence-corrected chi connectivity index (χ2v) is 11.6. The summed E-state index contributed by atoms with van der Waals surface area (Å²) in [5.74, 6) is 0.0222. The second-order valence-electron chi connectivity index (χ2n) is 8.28. The molecule has 0 aliphatic rings. The van der Waals surface area contributed by atoms with Crippen LogP contribution in [0, 0.1) is 0 Å². The first-order valence-corrected chi connectivity index (χ1v) is 14.6. The highest BCUT2D eigenvalue weighted by Crippen LogP contribution is 2.59. The topological polar surface area (TPSA) is 142 Å². The van der Waals surface area contributed by atoms with Crippen molar-refractivity contribution in [3.8, 4) is 5.75 Å². The number of carbonyl (C=O) groups is 1. The second kappa shape index (κ2) is 12.6. The van der Waals surface area contributed by atoms with Crippen molar-refractivity contribution in [2.24, 2.45) is 0 Å². The number of hydrogen-bond donors (Lipinski definition) is 4. The number of hydrogen-bond acceptors (Lipinski definition) is 5. The third kappa shape index (κ3) is 7.92. The van der Waals surface area contributed by atoms with Crippen molar-refractivity contribution in [1.82, 2.24) is 10.0 Å². The molecule has 0 spiro atoms. The Hall–Kier alpha value is -3.15. The lowest BCUT2D eigenvalue weighted by Gasteiger charge is -2.20. The van der Waals surface area contributed by atoms with Gasteiger partial charge in [0.05, 0.1) is 11.5 Å². The van der Waals surface area contributed by atoms with E-state index in [-0.39, 0.29) is 17.9 Å². The molecule has 1 atom stereocenters. The van der Waals surface area contributed by atoms with Gasteiger partial charge < -0.3 is 19.8 Å². The molecule has 0 saturated carbocycles. The van der Waals surface area contributed by atoms with Crippen LogP contribution in [0.1, 0.15) is 17.5 Å². The third-order valence-corrected chi connectivity index (χ3v) is 7.88. The quantitative estimate of drug-likeness (QED) is 0.183. The van der Waals surface area contributed by atoms with E-state index in [1.54, 1.807) is 18.2 Å². The molecule has 13 heteroatoms. The van der Waals surface area contributed by atoms with Crippen molar-refractivity contribution in [3.63, 3.8) is 0 Å². The van der Waals surface area contributed by atoms with Crippen LogP contribution in [0.4, 0.5) is 8.78 Å². The van der Waals surface area contributed by atoms with Gasteiger partial charge in [-0.2, -0.15) is 13.5 Å². The fraction of sp³-hybridized carbons (Fsp3) is 0.240. The molecule has 1 amide bonds. The Morgan fingerprint density at radius 1 is 0.947 bits per heavy atom. The number of halogens is 2. The molecule has 3 aromatic carbocycles. The molecular weight excluding hydrogens is 541 g/mol. The average Bonchev–Trinajstić information content (AvgIpc) is 2.88. The molecule has 0 heterocycles. The van der Waals surface area contributed by atoms with Crippen molar-refractivity contribution in [2.45, 2.75) is 29.4 Å². The molecule has 0 unspecified atom stereocenters. The maximum absolute atomic E-state index is 14.0. The molecule has 9 nitrogen and oxygen atoms in total. The van der Waals surface area contributed by atoms with Gasteiger partial charge in [0.15, 0.2) is 0 Å². The summed E-state index contributed by atoms with van der Waals surface area (Å²) in [5.41, 5.74) is -5.00. The smallest absolute Gasteiger partial charge is 0.399 e. The number of rotatable bonds is 13. The van der Waals surface area contributed by atoms with Gasteiger partial charge in [-0.15, -0.1) is 0 Å². The zero-order valence-electron chi connectivity index (χ0n) is 20.0. The average molecular weight is 569 g/mol. The van der Waals surface area contributed by atoms with Gasteiger partial charge in [-0.3, -0.25) is 9.36 Å². The van der Waals surface area contributed by atoms with Crippen molar-refractivity contribution in [2.75, 3.05) is 13.2 Å². The lowest BCUT2D eigenvalue weighted by atomic mass is 10.0. The van der Waals surface area contributed by atoms with E-state index in [1.807, 2.05) is 18.2 Å². The van der Waals surface area contributed by atoms with Gasteiger partial charge in [0.2, 0.25) is 15.9 Å². The fourth-order valence-corrected chi connectivity index (χ4v) is 5.10. The van der Waals surface area contributed by atoms with Gasteiger partial charge in [-0.25, -0.2) is 8.42 Å². The van der Waals surface area contributed by atoms with E-state index in [0.717, 1.165) is 24.3 Å². The molecule has 38 heavy (non-hydrogen) atoms. The highest BCUT2D eigenvalue weighted by atomic mass is 32.2. The maximum atomic E-state index is 14.0. The minimum Gasteiger partial charge on any atom is -0.494 e. The highest BCUT2D eigenvalue weighted by Gasteiger charge is 2.50. The van der Waals surface area contributed by atoms with Crippen LogP contribution in [0.3, 0.4) is 0 Å². The van der Waals surface area contributed by atoms with E-state index in [9.17, 15) is 26.6 Å². The molecule has 0 aliphatic heterocycles. The molecule has 0 aliphatic carbocycles. The fourth-order valence-electron chi connectivity index (χ4n) is 3.40. The Morgan fingerprint density at radius 2 is 1.53 bits per heavy atom. The van der Waals surface area contributed by atoms with Crippen molar-refractivity contribution >= 4 is 23.5 Å². The molecule has 0 radical (unpaired) electrons. The largest absolute Gasteiger partial charge is 0.494 e. The molecule has 0 saturated heterocycles. The lowest BCUT2D eigenvalue weighted by Crippen LogP contribution is -2.48. The Morgan fingerprint density at radius 3 is 2.11 bits per heavy atom. The normalized spacial score (nSPS) is 13.1. The summed E-state index contributed by atoms with van der Waals surface area (Å²) >= 11 is 0. The lowest BCUT2D eigenvalue weighted by molar-refractivity contribution is -0.122. The summed E-state index contributed by atoms with van der Waals surface area (Å²) in [6.07, 6.45) is 0.227. The summed E-state index contributed by atoms with van der Waals surface area (Å²) < 4.78 is 72.7. The first-order valence-electron chi connectivity index (χ1n) is 11.5. The Balaban J connectivity index is 1.70. The minimum atomic E-state index is -5.75. The molecule has 0 fully saturated rings.